The number of carbonyl (C=O) groups is 1. The summed E-state index contributed by atoms with van der Waals surface area (Å²) in [6.07, 6.45) is 1.45. The molecule has 21 heavy (non-hydrogen) atoms. The van der Waals surface area contributed by atoms with E-state index in [2.05, 4.69) is 15.7 Å². The van der Waals surface area contributed by atoms with Gasteiger partial charge in [0.05, 0.1) is 18.1 Å². The lowest BCUT2D eigenvalue weighted by molar-refractivity contribution is 0.0996. The van der Waals surface area contributed by atoms with Crippen molar-refractivity contribution in [3.05, 3.63) is 36.3 Å². The zero-order chi connectivity index (χ0) is 14.8. The first-order chi connectivity index (χ1) is 10.2. The number of nitrogens with one attached hydrogen (secondary N) is 2. The van der Waals surface area contributed by atoms with Crippen LogP contribution in [0.3, 0.4) is 0 Å². The Labute approximate surface area is 123 Å². The lowest BCUT2D eigenvalue weighted by atomic mass is 10.2. The molecule has 8 heteroatoms. The summed E-state index contributed by atoms with van der Waals surface area (Å²) in [6.45, 7) is 0. The van der Waals surface area contributed by atoms with Gasteiger partial charge < -0.3 is 14.5 Å². The van der Waals surface area contributed by atoms with Gasteiger partial charge in [0.25, 0.3) is 5.91 Å². The number of methoxy groups -OCH3 is 1. The standard InChI is InChI=1S/C13H12N4O3S/c1-19-9-5-7(15-12(18)8-3-2-4-20-8)6-10-11(9)16-13(17-14)21-10/h2-6H,14H2,1H3,(H,15,18)(H,16,17). The Hall–Kier alpha value is -2.58. The number of hydrogen-bond donors (Lipinski definition) is 3. The van der Waals surface area contributed by atoms with Crippen LogP contribution in [0.4, 0.5) is 10.8 Å². The van der Waals surface area contributed by atoms with Crippen molar-refractivity contribution in [3.63, 3.8) is 0 Å². The van der Waals surface area contributed by atoms with Gasteiger partial charge in [-0.3, -0.25) is 10.2 Å². The summed E-state index contributed by atoms with van der Waals surface area (Å²) in [5.41, 5.74) is 3.78. The third-order valence-corrected chi connectivity index (χ3v) is 3.74. The maximum atomic E-state index is 12.0. The molecule has 0 saturated carbocycles. The van der Waals surface area contributed by atoms with Crippen LogP contribution >= 0.6 is 11.3 Å². The van der Waals surface area contributed by atoms with E-state index in [-0.39, 0.29) is 11.7 Å². The molecule has 1 amide bonds. The smallest absolute Gasteiger partial charge is 0.291 e. The molecule has 7 nitrogen and oxygen atoms in total. The number of aromatic nitrogens is 1. The van der Waals surface area contributed by atoms with Gasteiger partial charge in [0.2, 0.25) is 0 Å². The topological polar surface area (TPSA) is 102 Å². The maximum Gasteiger partial charge on any atom is 0.291 e. The van der Waals surface area contributed by atoms with E-state index in [1.54, 1.807) is 31.4 Å². The summed E-state index contributed by atoms with van der Waals surface area (Å²) in [5.74, 6) is 5.83. The fourth-order valence-corrected chi connectivity index (χ4v) is 2.72. The zero-order valence-electron chi connectivity index (χ0n) is 11.0. The molecule has 1 aromatic carbocycles. The maximum absolute atomic E-state index is 12.0. The molecule has 0 aliphatic heterocycles. The van der Waals surface area contributed by atoms with Crippen LogP contribution in [0.1, 0.15) is 10.6 Å². The third kappa shape index (κ3) is 2.54. The number of hydrazine groups is 1. The van der Waals surface area contributed by atoms with Crippen molar-refractivity contribution in [3.8, 4) is 5.75 Å². The number of carbonyl (C=O) groups excluding carboxylic acids is 1. The second kappa shape index (κ2) is 5.43. The van der Waals surface area contributed by atoms with Crippen LogP contribution in [0.15, 0.2) is 34.9 Å². The third-order valence-electron chi connectivity index (χ3n) is 2.81. The van der Waals surface area contributed by atoms with E-state index in [1.165, 1.54) is 17.6 Å². The van der Waals surface area contributed by atoms with E-state index in [4.69, 9.17) is 15.0 Å². The van der Waals surface area contributed by atoms with Crippen LogP contribution in [0.5, 0.6) is 5.75 Å². The first kappa shape index (κ1) is 13.4. The van der Waals surface area contributed by atoms with Gasteiger partial charge in [0.1, 0.15) is 11.3 Å². The van der Waals surface area contributed by atoms with Gasteiger partial charge in [-0.1, -0.05) is 11.3 Å². The molecule has 3 aromatic rings. The predicted molar refractivity (Wildman–Crippen MR) is 80.6 cm³/mol. The average Bonchev–Trinajstić information content (AvgIpc) is 3.15. The Kier molecular flexibility index (Phi) is 3.46. The summed E-state index contributed by atoms with van der Waals surface area (Å²) in [6, 6.07) is 6.75. The number of nitrogens with two attached hydrogens (primary N) is 1. The number of furan rings is 1. The van der Waals surface area contributed by atoms with Crippen molar-refractivity contribution >= 4 is 38.3 Å². The number of hydrogen-bond acceptors (Lipinski definition) is 7. The van der Waals surface area contributed by atoms with Gasteiger partial charge in [-0.05, 0) is 18.2 Å². The number of thiazole rings is 1. The van der Waals surface area contributed by atoms with Gasteiger partial charge in [0, 0.05) is 11.8 Å². The highest BCUT2D eigenvalue weighted by molar-refractivity contribution is 7.22. The number of benzene rings is 1. The van der Waals surface area contributed by atoms with Crippen molar-refractivity contribution < 1.29 is 13.9 Å². The highest BCUT2D eigenvalue weighted by Gasteiger charge is 2.14. The van der Waals surface area contributed by atoms with E-state index in [9.17, 15) is 4.79 Å². The van der Waals surface area contributed by atoms with E-state index < -0.39 is 0 Å². The second-order valence-corrected chi connectivity index (χ2v) is 5.15. The number of nitrogens with zero attached hydrogens (tertiary/aromatic N) is 1. The Balaban J connectivity index is 1.97. The van der Waals surface area contributed by atoms with E-state index in [0.29, 0.717) is 22.1 Å². The summed E-state index contributed by atoms with van der Waals surface area (Å²) in [4.78, 5) is 16.3. The first-order valence-electron chi connectivity index (χ1n) is 6.01. The highest BCUT2D eigenvalue weighted by Crippen LogP contribution is 2.35. The molecule has 2 aromatic heterocycles. The molecular formula is C13H12N4O3S. The SMILES string of the molecule is COc1cc(NC(=O)c2ccco2)cc2sc(NN)nc12. The van der Waals surface area contributed by atoms with Crippen LogP contribution in [-0.2, 0) is 0 Å². The van der Waals surface area contributed by atoms with Crippen molar-refractivity contribution in [2.45, 2.75) is 0 Å². The van der Waals surface area contributed by atoms with Gasteiger partial charge in [-0.2, -0.15) is 0 Å². The molecule has 0 spiro atoms. The predicted octanol–water partition coefficient (Wildman–Crippen LogP) is 2.44. The molecule has 0 bridgehead atoms. The van der Waals surface area contributed by atoms with Crippen LogP contribution in [-0.4, -0.2) is 18.0 Å². The van der Waals surface area contributed by atoms with E-state index in [1.807, 2.05) is 0 Å². The van der Waals surface area contributed by atoms with Gasteiger partial charge >= 0.3 is 0 Å². The summed E-state index contributed by atoms with van der Waals surface area (Å²) >= 11 is 1.36. The molecule has 3 rings (SSSR count). The molecule has 0 aliphatic rings. The molecule has 108 valence electrons. The fourth-order valence-electron chi connectivity index (χ4n) is 1.89. The molecular weight excluding hydrogens is 292 g/mol. The summed E-state index contributed by atoms with van der Waals surface area (Å²) in [5, 5.41) is 3.32. The number of rotatable bonds is 4. The molecule has 0 saturated heterocycles. The second-order valence-electron chi connectivity index (χ2n) is 4.12. The molecule has 0 fully saturated rings. The van der Waals surface area contributed by atoms with Crippen molar-refractivity contribution in [1.82, 2.24) is 4.98 Å². The Morgan fingerprint density at radius 1 is 1.48 bits per heavy atom. The van der Waals surface area contributed by atoms with Crippen molar-refractivity contribution in [2.75, 3.05) is 17.9 Å². The van der Waals surface area contributed by atoms with E-state index >= 15 is 0 Å². The van der Waals surface area contributed by atoms with Crippen molar-refractivity contribution in [2.24, 2.45) is 5.84 Å². The molecule has 2 heterocycles. The Morgan fingerprint density at radius 2 is 2.33 bits per heavy atom. The van der Waals surface area contributed by atoms with Crippen LogP contribution in [0, 0.1) is 0 Å². The lowest BCUT2D eigenvalue weighted by Gasteiger charge is -2.06. The number of nitrogen functional groups attached to an aromatic ring is 1. The lowest BCUT2D eigenvalue weighted by Crippen LogP contribution is -2.10. The highest BCUT2D eigenvalue weighted by atomic mass is 32.1. The minimum atomic E-state index is -0.330. The number of amides is 1. The minimum absolute atomic E-state index is 0.239. The summed E-state index contributed by atoms with van der Waals surface area (Å²) < 4.78 is 11.2. The quantitative estimate of drug-likeness (QED) is 0.505. The van der Waals surface area contributed by atoms with Gasteiger partial charge in [-0.15, -0.1) is 0 Å². The number of ether oxygens (including phenoxy) is 1. The normalized spacial score (nSPS) is 10.6. The van der Waals surface area contributed by atoms with Gasteiger partial charge in [-0.25, -0.2) is 10.8 Å². The largest absolute Gasteiger partial charge is 0.494 e. The minimum Gasteiger partial charge on any atom is -0.494 e. The summed E-state index contributed by atoms with van der Waals surface area (Å²) in [7, 11) is 1.54. The molecule has 0 radical (unpaired) electrons. The first-order valence-corrected chi connectivity index (χ1v) is 6.83. The van der Waals surface area contributed by atoms with Crippen molar-refractivity contribution in [1.29, 1.82) is 0 Å². The van der Waals surface area contributed by atoms with Crippen LogP contribution < -0.4 is 21.3 Å². The Bertz CT molecular complexity index is 782. The van der Waals surface area contributed by atoms with Crippen LogP contribution in [0.25, 0.3) is 10.2 Å². The molecule has 4 N–H and O–H groups in total. The average molecular weight is 304 g/mol. The number of anilines is 2. The molecule has 0 atom stereocenters. The molecule has 0 aliphatic carbocycles. The zero-order valence-corrected chi connectivity index (χ0v) is 11.9. The van der Waals surface area contributed by atoms with Gasteiger partial charge in [0.15, 0.2) is 10.9 Å². The van der Waals surface area contributed by atoms with Crippen LogP contribution in [0.2, 0.25) is 0 Å². The number of fused-ring (bicyclic) bond motifs is 1. The van der Waals surface area contributed by atoms with E-state index in [0.717, 1.165) is 4.70 Å². The fraction of sp³-hybridized carbons (Fsp3) is 0.0769. The monoisotopic (exact) mass is 304 g/mol. The molecule has 0 unspecified atom stereocenters. The Morgan fingerprint density at radius 3 is 3.00 bits per heavy atom.